The summed E-state index contributed by atoms with van der Waals surface area (Å²) in [5, 5.41) is 8.42. The highest BCUT2D eigenvalue weighted by Gasteiger charge is 2.23. The van der Waals surface area contributed by atoms with E-state index >= 15 is 0 Å². The molecular weight excluding hydrogens is 394 g/mol. The maximum atomic E-state index is 13.4. The van der Waals surface area contributed by atoms with Crippen molar-refractivity contribution in [1.29, 1.82) is 0 Å². The van der Waals surface area contributed by atoms with Crippen molar-refractivity contribution in [2.24, 2.45) is 7.05 Å². The summed E-state index contributed by atoms with van der Waals surface area (Å²) in [6.07, 6.45) is 0. The minimum atomic E-state index is -0.591. The zero-order chi connectivity index (χ0) is 21.0. The Morgan fingerprint density at radius 3 is 2.23 bits per heavy atom. The largest absolute Gasteiger partial charge is 0.329 e. The first-order valence-electron chi connectivity index (χ1n) is 9.01. The molecule has 0 atom stereocenters. The van der Waals surface area contributed by atoms with Crippen LogP contribution < -0.4 is 11.2 Å². The fourth-order valence-electron chi connectivity index (χ4n) is 3.55. The van der Waals surface area contributed by atoms with E-state index in [0.717, 1.165) is 5.56 Å². The lowest BCUT2D eigenvalue weighted by atomic mass is 10.2. The predicted octanol–water partition coefficient (Wildman–Crippen LogP) is 2.06. The van der Waals surface area contributed by atoms with Gasteiger partial charge in [0.15, 0.2) is 17.0 Å². The van der Waals surface area contributed by atoms with Gasteiger partial charge in [-0.1, -0.05) is 12.1 Å². The van der Waals surface area contributed by atoms with Crippen molar-refractivity contribution in [2.75, 3.05) is 0 Å². The van der Waals surface area contributed by atoms with Gasteiger partial charge < -0.3 is 0 Å². The zero-order valence-electron chi connectivity index (χ0n) is 15.6. The average molecular weight is 408 g/mol. The van der Waals surface area contributed by atoms with E-state index in [-0.39, 0.29) is 17.9 Å². The van der Waals surface area contributed by atoms with Gasteiger partial charge in [-0.2, -0.15) is 0 Å². The summed E-state index contributed by atoms with van der Waals surface area (Å²) >= 11 is 0. The monoisotopic (exact) mass is 408 g/mol. The van der Waals surface area contributed by atoms with Crippen LogP contribution in [-0.2, 0) is 13.6 Å². The number of aromatic amines is 1. The molecule has 0 aliphatic rings. The summed E-state index contributed by atoms with van der Waals surface area (Å²) in [6.45, 7) is 0.204. The molecule has 0 fully saturated rings. The lowest BCUT2D eigenvalue weighted by Gasteiger charge is -2.05. The number of aromatic nitrogens is 6. The molecule has 30 heavy (non-hydrogen) atoms. The number of fused-ring (bicyclic) bond motifs is 3. The Labute approximate surface area is 166 Å². The average Bonchev–Trinajstić information content (AvgIpc) is 3.28. The first kappa shape index (κ1) is 18.0. The normalized spacial score (nSPS) is 11.6. The maximum Gasteiger partial charge on any atom is 0.329 e. The van der Waals surface area contributed by atoms with Crippen LogP contribution in [0.2, 0.25) is 0 Å². The Balaban J connectivity index is 1.86. The second kappa shape index (κ2) is 6.48. The van der Waals surface area contributed by atoms with E-state index in [1.165, 1.54) is 35.9 Å². The third-order valence-electron chi connectivity index (χ3n) is 5.00. The highest BCUT2D eigenvalue weighted by atomic mass is 19.1. The van der Waals surface area contributed by atoms with E-state index in [9.17, 15) is 18.4 Å². The van der Waals surface area contributed by atoms with Crippen LogP contribution in [0.4, 0.5) is 8.78 Å². The van der Waals surface area contributed by atoms with Crippen molar-refractivity contribution in [1.82, 2.24) is 28.7 Å². The molecule has 5 aromatic rings. The molecule has 3 aromatic heterocycles. The molecule has 3 heterocycles. The Morgan fingerprint density at radius 2 is 1.57 bits per heavy atom. The number of aryl methyl sites for hydroxylation is 1. The van der Waals surface area contributed by atoms with E-state index in [1.807, 2.05) is 0 Å². The number of H-pyrrole nitrogens is 1. The van der Waals surface area contributed by atoms with Crippen molar-refractivity contribution in [2.45, 2.75) is 6.54 Å². The number of halogens is 2. The van der Waals surface area contributed by atoms with E-state index in [4.69, 9.17) is 0 Å². The van der Waals surface area contributed by atoms with E-state index in [2.05, 4.69) is 15.2 Å². The Morgan fingerprint density at radius 1 is 0.933 bits per heavy atom. The molecule has 0 aliphatic heterocycles. The number of rotatable bonds is 3. The van der Waals surface area contributed by atoms with Crippen LogP contribution in [0.25, 0.3) is 28.3 Å². The number of hydrogen-bond acceptors (Lipinski definition) is 4. The SMILES string of the molecule is Cn1c(=O)[nH]c(=O)c2c1n1c(-c3ccc(F)cc3)nnc1n2Cc1ccc(F)cc1. The zero-order valence-corrected chi connectivity index (χ0v) is 15.6. The molecule has 1 N–H and O–H groups in total. The maximum absolute atomic E-state index is 13.4. The standard InChI is InChI=1S/C20H14F2N6O2/c1-26-18-15(17(29)23-20(26)30)27(10-11-2-6-13(21)7-3-11)19-25-24-16(28(18)19)12-4-8-14(22)9-5-12/h2-9H,10H2,1H3,(H,23,29,30). The number of hydrogen-bond donors (Lipinski definition) is 1. The summed E-state index contributed by atoms with van der Waals surface area (Å²) in [4.78, 5) is 27.3. The molecule has 0 saturated heterocycles. The second-order valence-electron chi connectivity index (χ2n) is 6.87. The van der Waals surface area contributed by atoms with Crippen LogP contribution in [0.3, 0.4) is 0 Å². The molecule has 2 aromatic carbocycles. The smallest absolute Gasteiger partial charge is 0.298 e. The van der Waals surface area contributed by atoms with Crippen LogP contribution in [0.5, 0.6) is 0 Å². The van der Waals surface area contributed by atoms with Crippen LogP contribution in [-0.4, -0.2) is 28.7 Å². The van der Waals surface area contributed by atoms with Crippen molar-refractivity contribution in [3.8, 4) is 11.4 Å². The first-order chi connectivity index (χ1) is 14.4. The minimum absolute atomic E-state index is 0.204. The van der Waals surface area contributed by atoms with Gasteiger partial charge in [-0.3, -0.25) is 18.9 Å². The molecule has 10 heteroatoms. The lowest BCUT2D eigenvalue weighted by Crippen LogP contribution is -2.29. The minimum Gasteiger partial charge on any atom is -0.298 e. The molecule has 0 spiro atoms. The van der Waals surface area contributed by atoms with Crippen molar-refractivity contribution >= 4 is 16.9 Å². The third kappa shape index (κ3) is 2.65. The van der Waals surface area contributed by atoms with Gasteiger partial charge in [0.25, 0.3) is 5.56 Å². The predicted molar refractivity (Wildman–Crippen MR) is 105 cm³/mol. The van der Waals surface area contributed by atoms with Gasteiger partial charge in [-0.05, 0) is 42.0 Å². The topological polar surface area (TPSA) is 90.0 Å². The Bertz CT molecular complexity index is 1530. The fourth-order valence-corrected chi connectivity index (χ4v) is 3.55. The molecule has 150 valence electrons. The molecule has 8 nitrogen and oxygen atoms in total. The number of imidazole rings is 1. The van der Waals surface area contributed by atoms with Gasteiger partial charge in [-0.15, -0.1) is 10.2 Å². The quantitative estimate of drug-likeness (QED) is 0.495. The Hall–Kier alpha value is -4.08. The third-order valence-corrected chi connectivity index (χ3v) is 5.00. The molecular formula is C20H14F2N6O2. The number of nitrogens with one attached hydrogen (secondary N) is 1. The van der Waals surface area contributed by atoms with E-state index in [1.54, 1.807) is 33.2 Å². The van der Waals surface area contributed by atoms with E-state index in [0.29, 0.717) is 22.8 Å². The van der Waals surface area contributed by atoms with Crippen molar-refractivity contribution in [3.05, 3.63) is 86.6 Å². The highest BCUT2D eigenvalue weighted by molar-refractivity contribution is 5.79. The molecule has 0 saturated carbocycles. The molecule has 5 rings (SSSR count). The molecule has 0 bridgehead atoms. The number of nitrogens with zero attached hydrogens (tertiary/aromatic N) is 5. The Kier molecular flexibility index (Phi) is 3.88. The number of benzene rings is 2. The van der Waals surface area contributed by atoms with Crippen molar-refractivity contribution in [3.63, 3.8) is 0 Å². The highest BCUT2D eigenvalue weighted by Crippen LogP contribution is 2.25. The molecule has 0 radical (unpaired) electrons. The van der Waals surface area contributed by atoms with Gasteiger partial charge in [-0.25, -0.2) is 18.0 Å². The summed E-state index contributed by atoms with van der Waals surface area (Å²) in [5.41, 5.74) is 0.644. The van der Waals surface area contributed by atoms with Gasteiger partial charge in [0.05, 0.1) is 6.54 Å². The van der Waals surface area contributed by atoms with Gasteiger partial charge in [0, 0.05) is 12.6 Å². The van der Waals surface area contributed by atoms with Crippen molar-refractivity contribution < 1.29 is 8.78 Å². The van der Waals surface area contributed by atoms with Crippen LogP contribution in [0, 0.1) is 11.6 Å². The molecule has 0 unspecified atom stereocenters. The van der Waals surface area contributed by atoms with Crippen LogP contribution in [0.15, 0.2) is 58.1 Å². The summed E-state index contributed by atoms with van der Waals surface area (Å²) < 4.78 is 31.2. The molecule has 0 aliphatic carbocycles. The second-order valence-corrected chi connectivity index (χ2v) is 6.87. The van der Waals surface area contributed by atoms with Crippen LogP contribution >= 0.6 is 0 Å². The summed E-state index contributed by atoms with van der Waals surface area (Å²) in [7, 11) is 1.52. The fraction of sp³-hybridized carbons (Fsp3) is 0.100. The van der Waals surface area contributed by atoms with Gasteiger partial charge >= 0.3 is 5.69 Å². The van der Waals surface area contributed by atoms with Gasteiger partial charge in [0.2, 0.25) is 5.78 Å². The summed E-state index contributed by atoms with van der Waals surface area (Å²) in [6, 6.07) is 11.5. The summed E-state index contributed by atoms with van der Waals surface area (Å²) in [5.74, 6) is -0.0986. The van der Waals surface area contributed by atoms with E-state index < -0.39 is 17.1 Å². The van der Waals surface area contributed by atoms with Crippen LogP contribution in [0.1, 0.15) is 5.56 Å². The molecule has 0 amide bonds. The van der Waals surface area contributed by atoms with Gasteiger partial charge in [0.1, 0.15) is 11.6 Å². The first-order valence-corrected chi connectivity index (χ1v) is 9.01. The lowest BCUT2D eigenvalue weighted by molar-refractivity contribution is 0.626.